The number of benzene rings is 3. The van der Waals surface area contributed by atoms with Gasteiger partial charge in [-0.2, -0.15) is 0 Å². The molecule has 3 rings (SSSR count). The number of carbonyl (C=O) groups is 1. The number of ether oxygens (including phenoxy) is 2. The normalized spacial score (nSPS) is 11.0. The van der Waals surface area contributed by atoms with Gasteiger partial charge in [0.15, 0.2) is 11.5 Å². The van der Waals surface area contributed by atoms with Gasteiger partial charge in [-0.05, 0) is 42.3 Å². The molecule has 0 saturated carbocycles. The van der Waals surface area contributed by atoms with E-state index in [-0.39, 0.29) is 40.0 Å². The number of nitrogens with one attached hydrogen (secondary N) is 2. The maximum absolute atomic E-state index is 14.0. The smallest absolute Gasteiger partial charge is 0.262 e. The molecule has 1 amide bonds. The number of hydrogen-bond acceptors (Lipinski definition) is 5. The molecule has 0 aliphatic heterocycles. The Bertz CT molecular complexity index is 1270. The molecule has 0 aromatic heterocycles. The molecule has 0 bridgehead atoms. The molecule has 0 radical (unpaired) electrons. The lowest BCUT2D eigenvalue weighted by atomic mass is 10.1. The largest absolute Gasteiger partial charge is 0.493 e. The highest BCUT2D eigenvalue weighted by molar-refractivity contribution is 7.92. The Kier molecular flexibility index (Phi) is 7.49. The van der Waals surface area contributed by atoms with Gasteiger partial charge in [-0.3, -0.25) is 9.52 Å². The van der Waals surface area contributed by atoms with Crippen LogP contribution in [-0.2, 0) is 16.4 Å². The van der Waals surface area contributed by atoms with Crippen LogP contribution in [0.4, 0.5) is 14.5 Å². The summed E-state index contributed by atoms with van der Waals surface area (Å²) in [7, 11) is -1.66. The Labute approximate surface area is 190 Å². The zero-order valence-corrected chi connectivity index (χ0v) is 18.7. The highest BCUT2D eigenvalue weighted by atomic mass is 32.2. The third kappa shape index (κ3) is 5.78. The van der Waals surface area contributed by atoms with E-state index in [0.29, 0.717) is 12.0 Å². The number of anilines is 1. The zero-order valence-electron chi connectivity index (χ0n) is 17.9. The van der Waals surface area contributed by atoms with Crippen LogP contribution < -0.4 is 19.5 Å². The highest BCUT2D eigenvalue weighted by Gasteiger charge is 2.24. The molecule has 0 fully saturated rings. The summed E-state index contributed by atoms with van der Waals surface area (Å²) in [4.78, 5) is 12.5. The van der Waals surface area contributed by atoms with Crippen LogP contribution in [0.5, 0.6) is 11.5 Å². The summed E-state index contributed by atoms with van der Waals surface area (Å²) in [6.45, 7) is 0.165. The summed E-state index contributed by atoms with van der Waals surface area (Å²) in [5.41, 5.74) is 0.351. The van der Waals surface area contributed by atoms with Crippen LogP contribution >= 0.6 is 0 Å². The van der Waals surface area contributed by atoms with E-state index in [1.807, 2.05) is 0 Å². The number of amides is 1. The minimum atomic E-state index is -4.26. The number of para-hydroxylation sites is 1. The fraction of sp³-hybridized carbons (Fsp3) is 0.174. The quantitative estimate of drug-likeness (QED) is 0.491. The molecular weight excluding hydrogens is 454 g/mol. The predicted molar refractivity (Wildman–Crippen MR) is 119 cm³/mol. The van der Waals surface area contributed by atoms with E-state index in [9.17, 15) is 22.0 Å². The third-order valence-electron chi connectivity index (χ3n) is 4.71. The van der Waals surface area contributed by atoms with E-state index in [4.69, 9.17) is 9.47 Å². The van der Waals surface area contributed by atoms with E-state index in [0.717, 1.165) is 12.1 Å². The monoisotopic (exact) mass is 476 g/mol. The zero-order chi connectivity index (χ0) is 24.0. The van der Waals surface area contributed by atoms with Gasteiger partial charge in [0.1, 0.15) is 11.6 Å². The Balaban J connectivity index is 1.88. The maximum Gasteiger partial charge on any atom is 0.262 e. The second kappa shape index (κ2) is 10.3. The lowest BCUT2D eigenvalue weighted by molar-refractivity contribution is 0.0950. The number of halogens is 2. The first-order valence-corrected chi connectivity index (χ1v) is 11.3. The SMILES string of the molecule is COc1cc(S(=O)(=O)Nc2ccccc2F)cc(C(=O)NCCc2cccc(F)c2)c1OC. The molecule has 0 saturated heterocycles. The molecule has 33 heavy (non-hydrogen) atoms. The van der Waals surface area contributed by atoms with Crippen molar-refractivity contribution in [3.63, 3.8) is 0 Å². The van der Waals surface area contributed by atoms with Gasteiger partial charge in [-0.15, -0.1) is 0 Å². The van der Waals surface area contributed by atoms with Crippen molar-refractivity contribution in [2.75, 3.05) is 25.5 Å². The van der Waals surface area contributed by atoms with Crippen LogP contribution in [0.15, 0.2) is 65.6 Å². The van der Waals surface area contributed by atoms with Crippen LogP contribution in [0.1, 0.15) is 15.9 Å². The number of carbonyl (C=O) groups excluding carboxylic acids is 1. The van der Waals surface area contributed by atoms with Crippen molar-refractivity contribution in [1.29, 1.82) is 0 Å². The van der Waals surface area contributed by atoms with Gasteiger partial charge >= 0.3 is 0 Å². The van der Waals surface area contributed by atoms with E-state index < -0.39 is 21.7 Å². The first-order valence-electron chi connectivity index (χ1n) is 9.81. The number of hydrogen-bond donors (Lipinski definition) is 2. The summed E-state index contributed by atoms with van der Waals surface area (Å²) in [6, 6.07) is 13.5. The molecule has 174 valence electrons. The third-order valence-corrected chi connectivity index (χ3v) is 6.06. The van der Waals surface area contributed by atoms with Crippen molar-refractivity contribution < 1.29 is 31.5 Å². The minimum absolute atomic E-state index is 0.00388. The maximum atomic E-state index is 14.0. The lowest BCUT2D eigenvalue weighted by Crippen LogP contribution is -2.27. The topological polar surface area (TPSA) is 93.7 Å². The summed E-state index contributed by atoms with van der Waals surface area (Å²) in [6.07, 6.45) is 0.357. The summed E-state index contributed by atoms with van der Waals surface area (Å²) in [5.74, 6) is -1.72. The average molecular weight is 477 g/mol. The van der Waals surface area contributed by atoms with Gasteiger partial charge in [-0.1, -0.05) is 24.3 Å². The van der Waals surface area contributed by atoms with E-state index in [1.54, 1.807) is 12.1 Å². The molecule has 0 atom stereocenters. The first-order chi connectivity index (χ1) is 15.7. The molecule has 0 unspecified atom stereocenters. The van der Waals surface area contributed by atoms with Crippen molar-refractivity contribution in [2.45, 2.75) is 11.3 Å². The van der Waals surface area contributed by atoms with Crippen molar-refractivity contribution in [3.8, 4) is 11.5 Å². The van der Waals surface area contributed by atoms with Crippen molar-refractivity contribution in [2.24, 2.45) is 0 Å². The number of rotatable bonds is 9. The fourth-order valence-electron chi connectivity index (χ4n) is 3.12. The second-order valence-corrected chi connectivity index (χ2v) is 8.61. The van der Waals surface area contributed by atoms with E-state index in [1.165, 1.54) is 50.6 Å². The van der Waals surface area contributed by atoms with Gasteiger partial charge in [0.2, 0.25) is 0 Å². The van der Waals surface area contributed by atoms with Crippen LogP contribution in [0.2, 0.25) is 0 Å². The van der Waals surface area contributed by atoms with Gasteiger partial charge < -0.3 is 14.8 Å². The summed E-state index contributed by atoms with van der Waals surface area (Å²) < 4.78 is 65.7. The van der Waals surface area contributed by atoms with Crippen LogP contribution in [0.25, 0.3) is 0 Å². The Morgan fingerprint density at radius 2 is 1.73 bits per heavy atom. The molecule has 7 nitrogen and oxygen atoms in total. The first kappa shape index (κ1) is 24.0. The Morgan fingerprint density at radius 3 is 2.39 bits per heavy atom. The van der Waals surface area contributed by atoms with Gasteiger partial charge in [0.25, 0.3) is 15.9 Å². The standard InChI is InChI=1S/C23H22F2N2O5S/c1-31-21-14-17(33(29,30)27-20-9-4-3-8-19(20)25)13-18(22(21)32-2)23(28)26-11-10-15-6-5-7-16(24)12-15/h3-9,12-14,27H,10-11H2,1-2H3,(H,26,28). The molecule has 0 heterocycles. The molecular formula is C23H22F2N2O5S. The van der Waals surface area contributed by atoms with Crippen LogP contribution in [-0.4, -0.2) is 35.1 Å². The van der Waals surface area contributed by atoms with Gasteiger partial charge in [0, 0.05) is 12.6 Å². The molecule has 0 spiro atoms. The van der Waals surface area contributed by atoms with Crippen molar-refractivity contribution >= 4 is 21.6 Å². The molecule has 10 heteroatoms. The number of methoxy groups -OCH3 is 2. The fourth-order valence-corrected chi connectivity index (χ4v) is 4.23. The predicted octanol–water partition coefficient (Wildman–Crippen LogP) is 3.76. The highest BCUT2D eigenvalue weighted by Crippen LogP contribution is 2.35. The number of sulfonamides is 1. The Morgan fingerprint density at radius 1 is 0.970 bits per heavy atom. The van der Waals surface area contributed by atoms with E-state index in [2.05, 4.69) is 10.0 Å². The van der Waals surface area contributed by atoms with Crippen LogP contribution in [0.3, 0.4) is 0 Å². The molecule has 0 aliphatic rings. The average Bonchev–Trinajstić information content (AvgIpc) is 2.79. The molecule has 3 aromatic carbocycles. The molecule has 0 aliphatic carbocycles. The summed E-state index contributed by atoms with van der Waals surface area (Å²) >= 11 is 0. The van der Waals surface area contributed by atoms with Crippen molar-refractivity contribution in [1.82, 2.24) is 5.32 Å². The van der Waals surface area contributed by atoms with Gasteiger partial charge in [0.05, 0.1) is 30.4 Å². The van der Waals surface area contributed by atoms with Crippen molar-refractivity contribution in [3.05, 3.63) is 83.4 Å². The Hall–Kier alpha value is -3.66. The molecule has 2 N–H and O–H groups in total. The van der Waals surface area contributed by atoms with E-state index >= 15 is 0 Å². The van der Waals surface area contributed by atoms with Crippen LogP contribution in [0, 0.1) is 11.6 Å². The molecule has 3 aromatic rings. The minimum Gasteiger partial charge on any atom is -0.493 e. The second-order valence-electron chi connectivity index (χ2n) is 6.93. The van der Waals surface area contributed by atoms with Gasteiger partial charge in [-0.25, -0.2) is 17.2 Å². The summed E-state index contributed by atoms with van der Waals surface area (Å²) in [5, 5.41) is 2.66. The lowest BCUT2D eigenvalue weighted by Gasteiger charge is -2.16.